The Labute approximate surface area is 159 Å². The number of benzene rings is 2. The first-order chi connectivity index (χ1) is 12.9. The Hall–Kier alpha value is -1.93. The van der Waals surface area contributed by atoms with Gasteiger partial charge in [0.05, 0.1) is 18.9 Å². The molecule has 6 nitrogen and oxygen atoms in total. The van der Waals surface area contributed by atoms with E-state index in [1.165, 1.54) is 21.3 Å². The molecule has 0 amide bonds. The standard InChI is InChI=1S/C20H25N3O3S/c1-27(25,26)22-12-10-21(11-13-22)14-16(24)15-23-19-8-4-2-6-17(19)18-7-3-5-9-20(18)23/h2-9,16,24H,10-15H2,1H3. The molecule has 0 saturated carbocycles. The molecule has 2 aromatic carbocycles. The Balaban J connectivity index is 1.50. The number of nitrogens with zero attached hydrogens (tertiary/aromatic N) is 3. The highest BCUT2D eigenvalue weighted by Crippen LogP contribution is 2.28. The van der Waals surface area contributed by atoms with E-state index < -0.39 is 16.1 Å². The van der Waals surface area contributed by atoms with Crippen molar-refractivity contribution in [3.05, 3.63) is 48.5 Å². The molecule has 2 heterocycles. The van der Waals surface area contributed by atoms with Crippen LogP contribution in [0.15, 0.2) is 48.5 Å². The molecule has 3 aromatic rings. The summed E-state index contributed by atoms with van der Waals surface area (Å²) in [6, 6.07) is 16.5. The lowest BCUT2D eigenvalue weighted by Gasteiger charge is -2.34. The van der Waals surface area contributed by atoms with E-state index in [1.54, 1.807) is 0 Å². The fourth-order valence-electron chi connectivity index (χ4n) is 4.01. The van der Waals surface area contributed by atoms with Crippen LogP contribution < -0.4 is 0 Å². The Morgan fingerprint density at radius 2 is 1.41 bits per heavy atom. The summed E-state index contributed by atoms with van der Waals surface area (Å²) in [5.41, 5.74) is 2.25. The lowest BCUT2D eigenvalue weighted by molar-refractivity contribution is 0.0824. The van der Waals surface area contributed by atoms with Gasteiger partial charge in [-0.15, -0.1) is 0 Å². The van der Waals surface area contributed by atoms with Crippen LogP contribution in [0.3, 0.4) is 0 Å². The fourth-order valence-corrected chi connectivity index (χ4v) is 4.84. The van der Waals surface area contributed by atoms with E-state index in [0.29, 0.717) is 39.3 Å². The number of aromatic nitrogens is 1. The molecule has 1 unspecified atom stereocenters. The zero-order chi connectivity index (χ0) is 19.0. The molecule has 4 rings (SSSR count). The van der Waals surface area contributed by atoms with E-state index in [1.807, 2.05) is 24.3 Å². The minimum Gasteiger partial charge on any atom is -0.390 e. The van der Waals surface area contributed by atoms with Gasteiger partial charge in [0, 0.05) is 54.5 Å². The highest BCUT2D eigenvalue weighted by molar-refractivity contribution is 7.88. The van der Waals surface area contributed by atoms with Gasteiger partial charge in [-0.3, -0.25) is 4.90 Å². The van der Waals surface area contributed by atoms with Gasteiger partial charge in [-0.2, -0.15) is 4.31 Å². The van der Waals surface area contributed by atoms with Crippen molar-refractivity contribution >= 4 is 31.8 Å². The van der Waals surface area contributed by atoms with Crippen LogP contribution in [0, 0.1) is 0 Å². The number of fused-ring (bicyclic) bond motifs is 3. The van der Waals surface area contributed by atoms with Crippen molar-refractivity contribution in [2.45, 2.75) is 12.6 Å². The van der Waals surface area contributed by atoms with Crippen molar-refractivity contribution in [1.29, 1.82) is 0 Å². The SMILES string of the molecule is CS(=O)(=O)N1CCN(CC(O)Cn2c3ccccc3c3ccccc32)CC1. The first-order valence-electron chi connectivity index (χ1n) is 9.25. The quantitative estimate of drug-likeness (QED) is 0.724. The van der Waals surface area contributed by atoms with E-state index in [2.05, 4.69) is 33.7 Å². The topological polar surface area (TPSA) is 65.8 Å². The molecule has 1 N–H and O–H groups in total. The monoisotopic (exact) mass is 387 g/mol. The molecule has 0 bridgehead atoms. The minimum atomic E-state index is -3.13. The third-order valence-electron chi connectivity index (χ3n) is 5.34. The Kier molecular flexibility index (Phi) is 4.94. The van der Waals surface area contributed by atoms with Crippen LogP contribution in [0.2, 0.25) is 0 Å². The Bertz CT molecular complexity index is 999. The van der Waals surface area contributed by atoms with Crippen LogP contribution in [-0.4, -0.2) is 72.4 Å². The normalized spacial score (nSPS) is 18.3. The summed E-state index contributed by atoms with van der Waals surface area (Å²) in [6.45, 7) is 3.33. The molecule has 144 valence electrons. The molecular weight excluding hydrogens is 362 g/mol. The molecule has 7 heteroatoms. The molecular formula is C20H25N3O3S. The summed E-state index contributed by atoms with van der Waals surface area (Å²) < 4.78 is 26.9. The lowest BCUT2D eigenvalue weighted by Crippen LogP contribution is -2.50. The van der Waals surface area contributed by atoms with E-state index >= 15 is 0 Å². The summed E-state index contributed by atoms with van der Waals surface area (Å²) in [7, 11) is -3.13. The number of piperazine rings is 1. The first kappa shape index (κ1) is 18.4. The van der Waals surface area contributed by atoms with Gasteiger partial charge >= 0.3 is 0 Å². The third kappa shape index (κ3) is 3.73. The van der Waals surface area contributed by atoms with Crippen LogP contribution in [0.4, 0.5) is 0 Å². The molecule has 1 aliphatic heterocycles. The number of aliphatic hydroxyl groups is 1. The van der Waals surface area contributed by atoms with Crippen molar-refractivity contribution in [2.24, 2.45) is 0 Å². The average molecular weight is 388 g/mol. The summed E-state index contributed by atoms with van der Waals surface area (Å²) in [5, 5.41) is 13.1. The summed E-state index contributed by atoms with van der Waals surface area (Å²) in [6.07, 6.45) is 0.730. The first-order valence-corrected chi connectivity index (χ1v) is 11.1. The largest absolute Gasteiger partial charge is 0.390 e. The molecule has 1 aliphatic rings. The average Bonchev–Trinajstić information content (AvgIpc) is 2.96. The smallest absolute Gasteiger partial charge is 0.211 e. The number of aliphatic hydroxyl groups excluding tert-OH is 1. The second-order valence-corrected chi connectivity index (χ2v) is 9.24. The molecule has 0 spiro atoms. The highest BCUT2D eigenvalue weighted by atomic mass is 32.2. The van der Waals surface area contributed by atoms with Crippen LogP contribution >= 0.6 is 0 Å². The van der Waals surface area contributed by atoms with Gasteiger partial charge in [-0.05, 0) is 12.1 Å². The third-order valence-corrected chi connectivity index (χ3v) is 6.65. The number of β-amino-alcohol motifs (C(OH)–C–C–N with tert-alkyl or cyclic N) is 1. The molecule has 1 aromatic heterocycles. The van der Waals surface area contributed by atoms with Gasteiger partial charge in [-0.25, -0.2) is 8.42 Å². The van der Waals surface area contributed by atoms with E-state index in [-0.39, 0.29) is 0 Å². The summed E-state index contributed by atoms with van der Waals surface area (Å²) in [4.78, 5) is 2.14. The van der Waals surface area contributed by atoms with Crippen molar-refractivity contribution in [2.75, 3.05) is 39.0 Å². The van der Waals surface area contributed by atoms with Crippen LogP contribution in [0.5, 0.6) is 0 Å². The van der Waals surface area contributed by atoms with Gasteiger partial charge in [0.2, 0.25) is 10.0 Å². The number of rotatable bonds is 5. The van der Waals surface area contributed by atoms with Gasteiger partial charge in [0.25, 0.3) is 0 Å². The van der Waals surface area contributed by atoms with Crippen molar-refractivity contribution in [3.8, 4) is 0 Å². The minimum absolute atomic E-state index is 0.487. The van der Waals surface area contributed by atoms with E-state index in [9.17, 15) is 13.5 Å². The van der Waals surface area contributed by atoms with Crippen molar-refractivity contribution < 1.29 is 13.5 Å². The number of hydrogen-bond acceptors (Lipinski definition) is 4. The summed E-state index contributed by atoms with van der Waals surface area (Å²) in [5.74, 6) is 0. The zero-order valence-corrected chi connectivity index (χ0v) is 16.3. The maximum atomic E-state index is 11.6. The zero-order valence-electron chi connectivity index (χ0n) is 15.5. The maximum Gasteiger partial charge on any atom is 0.211 e. The predicted molar refractivity (Wildman–Crippen MR) is 108 cm³/mol. The number of para-hydroxylation sites is 2. The van der Waals surface area contributed by atoms with Crippen molar-refractivity contribution in [3.63, 3.8) is 0 Å². The highest BCUT2D eigenvalue weighted by Gasteiger charge is 2.24. The molecule has 1 fully saturated rings. The second-order valence-electron chi connectivity index (χ2n) is 7.26. The molecule has 0 aliphatic carbocycles. The van der Waals surface area contributed by atoms with E-state index in [0.717, 1.165) is 11.0 Å². The number of hydrogen-bond donors (Lipinski definition) is 1. The number of sulfonamides is 1. The Morgan fingerprint density at radius 3 is 1.93 bits per heavy atom. The summed E-state index contributed by atoms with van der Waals surface area (Å²) >= 11 is 0. The maximum absolute atomic E-state index is 11.6. The molecule has 27 heavy (non-hydrogen) atoms. The van der Waals surface area contributed by atoms with Crippen LogP contribution in [0.25, 0.3) is 21.8 Å². The van der Waals surface area contributed by atoms with Gasteiger partial charge < -0.3 is 9.67 Å². The van der Waals surface area contributed by atoms with Gasteiger partial charge in [-0.1, -0.05) is 36.4 Å². The second kappa shape index (κ2) is 7.24. The lowest BCUT2D eigenvalue weighted by atomic mass is 10.2. The van der Waals surface area contributed by atoms with Crippen LogP contribution in [0.1, 0.15) is 0 Å². The van der Waals surface area contributed by atoms with Gasteiger partial charge in [0.1, 0.15) is 0 Å². The predicted octanol–water partition coefficient (Wildman–Crippen LogP) is 1.73. The van der Waals surface area contributed by atoms with Gasteiger partial charge in [0.15, 0.2) is 0 Å². The molecule has 0 radical (unpaired) electrons. The van der Waals surface area contributed by atoms with E-state index in [4.69, 9.17) is 0 Å². The Morgan fingerprint density at radius 1 is 0.889 bits per heavy atom. The molecule has 1 atom stereocenters. The van der Waals surface area contributed by atoms with Crippen molar-refractivity contribution in [1.82, 2.24) is 13.8 Å². The van der Waals surface area contributed by atoms with Crippen LogP contribution in [-0.2, 0) is 16.6 Å². The molecule has 1 saturated heterocycles. The fraction of sp³-hybridized carbons (Fsp3) is 0.400.